The Morgan fingerprint density at radius 2 is 1.76 bits per heavy atom. The van der Waals surface area contributed by atoms with Crippen LogP contribution in [0.5, 0.6) is 11.8 Å². The summed E-state index contributed by atoms with van der Waals surface area (Å²) in [4.78, 5) is 32.4. The van der Waals surface area contributed by atoms with Gasteiger partial charge >= 0.3 is 6.01 Å². The minimum Gasteiger partial charge on any atom is -0.508 e. The Morgan fingerprint density at radius 1 is 0.952 bits per heavy atom. The maximum Gasteiger partial charge on any atom is 0.318 e. The lowest BCUT2D eigenvalue weighted by Crippen LogP contribution is -2.45. The zero-order valence-corrected chi connectivity index (χ0v) is 24.5. The number of hydrogen-bond donors (Lipinski definition) is 1. The van der Waals surface area contributed by atoms with E-state index in [9.17, 15) is 9.90 Å². The first kappa shape index (κ1) is 28.2. The summed E-state index contributed by atoms with van der Waals surface area (Å²) in [5, 5.41) is 12.6. The number of anilines is 2. The number of allylic oxidation sites excluding steroid dienone is 1. The number of nitrogens with zero attached hydrogens (tertiary/aromatic N) is 7. The fourth-order valence-corrected chi connectivity index (χ4v) is 6.22. The predicted octanol–water partition coefficient (Wildman–Crippen LogP) is 2.75. The monoisotopic (exact) mass is 571 g/mol. The van der Waals surface area contributed by atoms with Crippen molar-refractivity contribution in [3.63, 3.8) is 0 Å². The highest BCUT2D eigenvalue weighted by atomic mass is 16.5. The highest BCUT2D eigenvalue weighted by molar-refractivity contribution is 5.95. The Kier molecular flexibility index (Phi) is 8.71. The topological polar surface area (TPSA) is 88.5 Å². The van der Waals surface area contributed by atoms with Crippen LogP contribution >= 0.6 is 0 Å². The number of aromatic nitrogens is 2. The number of phenolic OH excluding ortho intramolecular Hbond substituents is 1. The Labute approximate surface area is 247 Å². The van der Waals surface area contributed by atoms with Gasteiger partial charge in [-0.2, -0.15) is 9.97 Å². The second-order valence-electron chi connectivity index (χ2n) is 11.5. The van der Waals surface area contributed by atoms with Crippen LogP contribution in [0.3, 0.4) is 0 Å². The number of ether oxygens (including phenoxy) is 1. The van der Waals surface area contributed by atoms with Crippen LogP contribution in [0.1, 0.15) is 17.7 Å². The molecule has 6 rings (SSSR count). The maximum absolute atomic E-state index is 10.8. The zero-order valence-electron chi connectivity index (χ0n) is 24.5. The number of phenols is 1. The molecule has 0 atom stereocenters. The summed E-state index contributed by atoms with van der Waals surface area (Å²) < 4.78 is 6.22. The molecule has 42 heavy (non-hydrogen) atoms. The molecule has 3 aliphatic rings. The van der Waals surface area contributed by atoms with Gasteiger partial charge in [0, 0.05) is 94.4 Å². The van der Waals surface area contributed by atoms with Crippen molar-refractivity contribution in [1.29, 1.82) is 0 Å². The highest BCUT2D eigenvalue weighted by Gasteiger charge is 2.28. The fourth-order valence-electron chi connectivity index (χ4n) is 6.22. The van der Waals surface area contributed by atoms with E-state index in [1.165, 1.54) is 5.56 Å². The second-order valence-corrected chi connectivity index (χ2v) is 11.5. The second kappa shape index (κ2) is 13.0. The molecule has 10 nitrogen and oxygen atoms in total. The van der Waals surface area contributed by atoms with Crippen LogP contribution in [0.4, 0.5) is 11.5 Å². The summed E-state index contributed by atoms with van der Waals surface area (Å²) in [5.74, 6) is 1.23. The number of benzene rings is 2. The molecule has 1 aromatic heterocycles. The highest BCUT2D eigenvalue weighted by Crippen LogP contribution is 2.36. The number of rotatable bonds is 9. The molecular weight excluding hydrogens is 530 g/mol. The van der Waals surface area contributed by atoms with E-state index in [1.807, 2.05) is 36.5 Å². The van der Waals surface area contributed by atoms with E-state index >= 15 is 0 Å². The number of piperazine rings is 2. The molecule has 222 valence electrons. The lowest BCUT2D eigenvalue weighted by molar-refractivity contribution is -0.104. The van der Waals surface area contributed by atoms with Gasteiger partial charge in [0.1, 0.15) is 17.9 Å². The average Bonchev–Trinajstić information content (AvgIpc) is 3.02. The van der Waals surface area contributed by atoms with E-state index in [0.29, 0.717) is 19.2 Å². The lowest BCUT2D eigenvalue weighted by Gasteiger charge is -2.38. The third kappa shape index (κ3) is 6.44. The summed E-state index contributed by atoms with van der Waals surface area (Å²) in [6.07, 6.45) is 5.98. The number of aldehydes is 1. The summed E-state index contributed by atoms with van der Waals surface area (Å²) in [6, 6.07) is 12.3. The number of hydrogen-bond acceptors (Lipinski definition) is 10. The molecule has 0 aliphatic carbocycles. The van der Waals surface area contributed by atoms with Gasteiger partial charge in [0.15, 0.2) is 0 Å². The molecular formula is C32H41N7O3. The summed E-state index contributed by atoms with van der Waals surface area (Å²) in [5.41, 5.74) is 3.18. The average molecular weight is 572 g/mol. The van der Waals surface area contributed by atoms with Crippen molar-refractivity contribution in [2.75, 3.05) is 88.9 Å². The Balaban J connectivity index is 1.22. The number of fused-ring (bicyclic) bond motifs is 2. The SMILES string of the molecule is CN1CCN(CCCOc2nc3c(c(N4CCN(C=CC=O)CC4)n2)CCN(c2cc(O)cc4ccccc24)C3)CC1. The van der Waals surface area contributed by atoms with Gasteiger partial charge in [-0.3, -0.25) is 4.79 Å². The number of carbonyl (C=O) groups is 1. The van der Waals surface area contributed by atoms with Crippen molar-refractivity contribution in [3.8, 4) is 11.8 Å². The van der Waals surface area contributed by atoms with Crippen molar-refractivity contribution < 1.29 is 14.6 Å². The molecule has 10 heteroatoms. The van der Waals surface area contributed by atoms with Crippen LogP contribution in [0.2, 0.25) is 0 Å². The smallest absolute Gasteiger partial charge is 0.318 e. The minimum absolute atomic E-state index is 0.267. The van der Waals surface area contributed by atoms with Gasteiger partial charge in [0.25, 0.3) is 0 Å². The molecule has 0 spiro atoms. The molecule has 2 aromatic carbocycles. The summed E-state index contributed by atoms with van der Waals surface area (Å²) >= 11 is 0. The Hall–Kier alpha value is -3.89. The molecule has 3 aromatic rings. The van der Waals surface area contributed by atoms with Crippen LogP contribution in [0, 0.1) is 0 Å². The van der Waals surface area contributed by atoms with Crippen LogP contribution < -0.4 is 14.5 Å². The van der Waals surface area contributed by atoms with Crippen LogP contribution in [-0.4, -0.2) is 115 Å². The van der Waals surface area contributed by atoms with Crippen molar-refractivity contribution >= 4 is 28.6 Å². The normalized spacial score (nSPS) is 18.5. The van der Waals surface area contributed by atoms with Gasteiger partial charge < -0.3 is 34.3 Å². The molecule has 0 saturated carbocycles. The lowest BCUT2D eigenvalue weighted by atomic mass is 10.0. The van der Waals surface area contributed by atoms with Gasteiger partial charge in [-0.05, 0) is 37.4 Å². The first-order valence-corrected chi connectivity index (χ1v) is 15.1. The molecule has 1 N–H and O–H groups in total. The van der Waals surface area contributed by atoms with Gasteiger partial charge in [-0.15, -0.1) is 0 Å². The summed E-state index contributed by atoms with van der Waals surface area (Å²) in [6.45, 7) is 10.7. The van der Waals surface area contributed by atoms with Crippen LogP contribution in [0.25, 0.3) is 10.8 Å². The molecule has 0 radical (unpaired) electrons. The maximum atomic E-state index is 10.8. The van der Waals surface area contributed by atoms with Crippen molar-refractivity contribution in [2.45, 2.75) is 19.4 Å². The van der Waals surface area contributed by atoms with Crippen molar-refractivity contribution in [3.05, 3.63) is 59.9 Å². The Bertz CT molecular complexity index is 1410. The molecule has 3 aliphatic heterocycles. The predicted molar refractivity (Wildman–Crippen MR) is 165 cm³/mol. The minimum atomic E-state index is 0.267. The Morgan fingerprint density at radius 3 is 2.57 bits per heavy atom. The number of likely N-dealkylation sites (N-methyl/N-ethyl adjacent to an activating group) is 1. The third-order valence-electron chi connectivity index (χ3n) is 8.62. The van der Waals surface area contributed by atoms with Crippen molar-refractivity contribution in [1.82, 2.24) is 24.7 Å². The molecule has 2 fully saturated rings. The van der Waals surface area contributed by atoms with Gasteiger partial charge in [-0.1, -0.05) is 24.3 Å². The third-order valence-corrected chi connectivity index (χ3v) is 8.62. The molecule has 4 heterocycles. The van der Waals surface area contributed by atoms with E-state index in [2.05, 4.69) is 37.6 Å². The van der Waals surface area contributed by atoms with Crippen LogP contribution in [-0.2, 0) is 17.8 Å². The number of carbonyl (C=O) groups excluding carboxylic acids is 1. The van der Waals surface area contributed by atoms with E-state index in [4.69, 9.17) is 14.7 Å². The fraction of sp³-hybridized carbons (Fsp3) is 0.469. The van der Waals surface area contributed by atoms with Gasteiger partial charge in [-0.25, -0.2) is 0 Å². The van der Waals surface area contributed by atoms with Gasteiger partial charge in [0.05, 0.1) is 18.8 Å². The van der Waals surface area contributed by atoms with E-state index in [0.717, 1.165) is 113 Å². The quantitative estimate of drug-likeness (QED) is 0.235. The first-order valence-electron chi connectivity index (χ1n) is 15.1. The summed E-state index contributed by atoms with van der Waals surface area (Å²) in [7, 11) is 2.18. The zero-order chi connectivity index (χ0) is 28.9. The van der Waals surface area contributed by atoms with Crippen molar-refractivity contribution in [2.24, 2.45) is 0 Å². The van der Waals surface area contributed by atoms with Gasteiger partial charge in [0.2, 0.25) is 0 Å². The molecule has 2 saturated heterocycles. The van der Waals surface area contributed by atoms with E-state index < -0.39 is 0 Å². The first-order chi connectivity index (χ1) is 20.6. The number of aromatic hydroxyl groups is 1. The molecule has 0 unspecified atom stereocenters. The molecule has 0 bridgehead atoms. The largest absolute Gasteiger partial charge is 0.508 e. The molecule has 0 amide bonds. The van der Waals surface area contributed by atoms with E-state index in [-0.39, 0.29) is 5.75 Å². The van der Waals surface area contributed by atoms with E-state index in [1.54, 1.807) is 6.08 Å². The van der Waals surface area contributed by atoms with Crippen LogP contribution in [0.15, 0.2) is 48.7 Å². The standard InChI is InChI=1S/C32H41N7O3/c1-35-12-14-37(15-13-35)10-5-21-42-32-33-29-24-39(30-23-26(41)22-25-6-2-3-7-27(25)30)11-8-28(29)31(34-32)38-18-16-36(17-19-38)9-4-20-40/h2-4,6-7,9,20,22-23,41H,5,8,10-19,21,24H2,1H3.